The highest BCUT2D eigenvalue weighted by Crippen LogP contribution is 2.35. The lowest BCUT2D eigenvalue weighted by atomic mass is 9.77. The van der Waals surface area contributed by atoms with Crippen molar-refractivity contribution in [2.75, 3.05) is 20.2 Å². The average molecular weight is 353 g/mol. The minimum absolute atomic E-state index is 0.0253. The molecule has 0 radical (unpaired) electrons. The van der Waals surface area contributed by atoms with Crippen LogP contribution in [0.4, 0.5) is 4.79 Å². The van der Waals surface area contributed by atoms with Crippen LogP contribution in [-0.2, 0) is 19.1 Å². The summed E-state index contributed by atoms with van der Waals surface area (Å²) in [6.07, 6.45) is 3.35. The summed E-state index contributed by atoms with van der Waals surface area (Å²) in [5, 5.41) is 4.24. The van der Waals surface area contributed by atoms with Gasteiger partial charge in [0.25, 0.3) is 5.91 Å². The first-order valence-electron chi connectivity index (χ1n) is 8.81. The van der Waals surface area contributed by atoms with Crippen LogP contribution in [0, 0.1) is 17.8 Å². The minimum Gasteiger partial charge on any atom is -0.455 e. The normalized spacial score (nSPS) is 29.2. The minimum atomic E-state index is -0.705. The summed E-state index contributed by atoms with van der Waals surface area (Å²) in [6.45, 7) is 4.18. The van der Waals surface area contributed by atoms with Crippen molar-refractivity contribution in [2.24, 2.45) is 17.8 Å². The van der Waals surface area contributed by atoms with Gasteiger partial charge in [-0.2, -0.15) is 0 Å². The second-order valence-electron chi connectivity index (χ2n) is 7.02. The number of esters is 1. The maximum Gasteiger partial charge on any atom is 0.321 e. The highest BCUT2D eigenvalue weighted by Gasteiger charge is 2.42. The van der Waals surface area contributed by atoms with Crippen LogP contribution in [0.5, 0.6) is 0 Å². The van der Waals surface area contributed by atoms with E-state index >= 15 is 0 Å². The number of carbonyl (C=O) groups excluding carboxylic acids is 4. The van der Waals surface area contributed by atoms with Crippen LogP contribution in [0.1, 0.15) is 39.5 Å². The van der Waals surface area contributed by atoms with Crippen molar-refractivity contribution in [1.29, 1.82) is 0 Å². The molecule has 0 aromatic carbocycles. The zero-order valence-corrected chi connectivity index (χ0v) is 15.0. The Labute approximate surface area is 147 Å². The van der Waals surface area contributed by atoms with E-state index in [1.807, 2.05) is 10.2 Å². The maximum absolute atomic E-state index is 12.3. The summed E-state index contributed by atoms with van der Waals surface area (Å²) < 4.78 is 4.96. The first-order chi connectivity index (χ1) is 11.8. The lowest BCUT2D eigenvalue weighted by Gasteiger charge is -2.39. The molecule has 1 aliphatic carbocycles. The Morgan fingerprint density at radius 1 is 1.24 bits per heavy atom. The molecule has 25 heavy (non-hydrogen) atoms. The molecule has 8 heteroatoms. The Balaban J connectivity index is 1.85. The second-order valence-corrected chi connectivity index (χ2v) is 7.02. The quantitative estimate of drug-likeness (QED) is 0.723. The maximum atomic E-state index is 12.3. The molecule has 0 bridgehead atoms. The molecule has 0 unspecified atom stereocenters. The van der Waals surface area contributed by atoms with Gasteiger partial charge in [0.2, 0.25) is 5.91 Å². The predicted molar refractivity (Wildman–Crippen MR) is 89.3 cm³/mol. The van der Waals surface area contributed by atoms with Crippen LogP contribution in [0.2, 0.25) is 0 Å². The predicted octanol–water partition coefficient (Wildman–Crippen LogP) is 0.658. The molecule has 4 amide bonds. The van der Waals surface area contributed by atoms with Gasteiger partial charge in [-0.25, -0.2) is 4.79 Å². The van der Waals surface area contributed by atoms with Gasteiger partial charge in [0, 0.05) is 26.1 Å². The first-order valence-corrected chi connectivity index (χ1v) is 8.81. The van der Waals surface area contributed by atoms with Crippen LogP contribution >= 0.6 is 0 Å². The topological polar surface area (TPSA) is 105 Å². The Morgan fingerprint density at radius 3 is 2.64 bits per heavy atom. The number of urea groups is 1. The third-order valence-electron chi connectivity index (χ3n) is 5.38. The molecule has 4 atom stereocenters. The van der Waals surface area contributed by atoms with Gasteiger partial charge in [0.1, 0.15) is 0 Å². The van der Waals surface area contributed by atoms with Gasteiger partial charge in [-0.05, 0) is 18.3 Å². The number of nitrogens with one attached hydrogen (secondary N) is 2. The standard InChI is InChI=1S/C17H27N3O5/c1-10-5-4-6-13(11(10)2)20-8-12(7-15(20)22)16(23)25-9-14(21)19-17(24)18-3/h10-13H,4-9H2,1-3H3,(H2,18,19,21,24)/t10-,11+,12+,13-/m0/s1. The molecule has 2 aliphatic rings. The third kappa shape index (κ3) is 4.70. The summed E-state index contributed by atoms with van der Waals surface area (Å²) in [6, 6.07) is -0.491. The van der Waals surface area contributed by atoms with Gasteiger partial charge in [-0.3, -0.25) is 19.7 Å². The number of imide groups is 1. The summed E-state index contributed by atoms with van der Waals surface area (Å²) >= 11 is 0. The zero-order chi connectivity index (χ0) is 18.6. The first kappa shape index (κ1) is 19.2. The molecule has 1 saturated carbocycles. The smallest absolute Gasteiger partial charge is 0.321 e. The summed E-state index contributed by atoms with van der Waals surface area (Å²) in [5.41, 5.74) is 0. The molecule has 2 N–H and O–H groups in total. The summed E-state index contributed by atoms with van der Waals surface area (Å²) in [4.78, 5) is 48.8. The number of carbonyl (C=O) groups is 4. The van der Waals surface area contributed by atoms with Crippen LogP contribution in [0.15, 0.2) is 0 Å². The van der Waals surface area contributed by atoms with Crippen LogP contribution < -0.4 is 10.6 Å². The molecule has 1 heterocycles. The molecule has 0 aromatic heterocycles. The summed E-state index contributed by atoms with van der Waals surface area (Å²) in [7, 11) is 1.38. The lowest BCUT2D eigenvalue weighted by molar-refractivity contribution is -0.152. The molecular formula is C17H27N3O5. The van der Waals surface area contributed by atoms with Crippen molar-refractivity contribution < 1.29 is 23.9 Å². The monoisotopic (exact) mass is 353 g/mol. The van der Waals surface area contributed by atoms with Crippen LogP contribution in [0.3, 0.4) is 0 Å². The molecule has 2 rings (SSSR count). The molecule has 8 nitrogen and oxygen atoms in total. The lowest BCUT2D eigenvalue weighted by Crippen LogP contribution is -2.45. The van der Waals surface area contributed by atoms with Crippen molar-refractivity contribution in [2.45, 2.75) is 45.6 Å². The van der Waals surface area contributed by atoms with Crippen LogP contribution in [0.25, 0.3) is 0 Å². The van der Waals surface area contributed by atoms with Gasteiger partial charge in [0.05, 0.1) is 5.92 Å². The number of nitrogens with zero attached hydrogens (tertiary/aromatic N) is 1. The van der Waals surface area contributed by atoms with E-state index in [9.17, 15) is 19.2 Å². The number of hydrogen-bond acceptors (Lipinski definition) is 5. The number of likely N-dealkylation sites (tertiary alicyclic amines) is 1. The highest BCUT2D eigenvalue weighted by atomic mass is 16.5. The number of rotatable bonds is 4. The average Bonchev–Trinajstić information content (AvgIpc) is 2.96. The van der Waals surface area contributed by atoms with Crippen molar-refractivity contribution in [3.8, 4) is 0 Å². The van der Waals surface area contributed by atoms with E-state index in [4.69, 9.17) is 4.74 Å². The molecule has 140 valence electrons. The Morgan fingerprint density at radius 2 is 1.96 bits per heavy atom. The van der Waals surface area contributed by atoms with Crippen molar-refractivity contribution in [3.05, 3.63) is 0 Å². The Hall–Kier alpha value is -2.12. The fourth-order valence-corrected chi connectivity index (χ4v) is 3.68. The number of hydrogen-bond donors (Lipinski definition) is 2. The molecular weight excluding hydrogens is 326 g/mol. The van der Waals surface area contributed by atoms with Crippen molar-refractivity contribution >= 4 is 23.8 Å². The van der Waals surface area contributed by atoms with Crippen molar-refractivity contribution in [3.63, 3.8) is 0 Å². The SMILES string of the molecule is CNC(=O)NC(=O)COC(=O)[C@@H]1CC(=O)N([C@H]2CCC[C@H](C)[C@H]2C)C1. The molecule has 1 aliphatic heterocycles. The van der Waals surface area contributed by atoms with E-state index in [2.05, 4.69) is 19.2 Å². The molecule has 0 aromatic rings. The van der Waals surface area contributed by atoms with E-state index in [0.717, 1.165) is 12.8 Å². The largest absolute Gasteiger partial charge is 0.455 e. The van der Waals surface area contributed by atoms with Gasteiger partial charge in [-0.1, -0.05) is 26.7 Å². The van der Waals surface area contributed by atoms with E-state index < -0.39 is 30.4 Å². The van der Waals surface area contributed by atoms with Gasteiger partial charge in [0.15, 0.2) is 6.61 Å². The zero-order valence-electron chi connectivity index (χ0n) is 15.0. The van der Waals surface area contributed by atoms with E-state index in [1.165, 1.54) is 13.5 Å². The molecule has 0 spiro atoms. The fraction of sp³-hybridized carbons (Fsp3) is 0.765. The van der Waals surface area contributed by atoms with E-state index in [0.29, 0.717) is 18.4 Å². The van der Waals surface area contributed by atoms with E-state index in [-0.39, 0.29) is 18.4 Å². The fourth-order valence-electron chi connectivity index (χ4n) is 3.68. The number of amides is 4. The summed E-state index contributed by atoms with van der Waals surface area (Å²) in [5.74, 6) is -0.882. The van der Waals surface area contributed by atoms with Gasteiger partial charge < -0.3 is 15.0 Å². The third-order valence-corrected chi connectivity index (χ3v) is 5.38. The number of ether oxygens (including phenoxy) is 1. The highest BCUT2D eigenvalue weighted by molar-refractivity contribution is 5.95. The second kappa shape index (κ2) is 8.31. The van der Waals surface area contributed by atoms with E-state index in [1.54, 1.807) is 0 Å². The molecule has 2 fully saturated rings. The Bertz CT molecular complexity index is 550. The van der Waals surface area contributed by atoms with Crippen LogP contribution in [-0.4, -0.2) is 55.0 Å². The van der Waals surface area contributed by atoms with Gasteiger partial charge >= 0.3 is 12.0 Å². The van der Waals surface area contributed by atoms with Gasteiger partial charge in [-0.15, -0.1) is 0 Å². The molecule has 1 saturated heterocycles. The Kier molecular flexibility index (Phi) is 6.39. The van der Waals surface area contributed by atoms with Crippen molar-refractivity contribution in [1.82, 2.24) is 15.5 Å².